The fourth-order valence-electron chi connectivity index (χ4n) is 1.50. The minimum Gasteiger partial charge on any atom is -0.496 e. The van der Waals surface area contributed by atoms with Crippen LogP contribution in [-0.4, -0.2) is 18.0 Å². The molecule has 16 heavy (non-hydrogen) atoms. The SMILES string of the molecule is COc1cccc(SCC(C)C)c1[C@H](C)O. The molecule has 0 aliphatic heterocycles. The van der Waals surface area contributed by atoms with E-state index in [4.69, 9.17) is 4.74 Å². The Balaban J connectivity index is 2.97. The lowest BCUT2D eigenvalue weighted by Crippen LogP contribution is -2.00. The third kappa shape index (κ3) is 3.42. The summed E-state index contributed by atoms with van der Waals surface area (Å²) in [6, 6.07) is 5.90. The van der Waals surface area contributed by atoms with E-state index in [2.05, 4.69) is 13.8 Å². The highest BCUT2D eigenvalue weighted by Crippen LogP contribution is 2.35. The van der Waals surface area contributed by atoms with Crippen molar-refractivity contribution < 1.29 is 9.84 Å². The molecule has 0 aliphatic rings. The van der Waals surface area contributed by atoms with Crippen LogP contribution in [0, 0.1) is 5.92 Å². The van der Waals surface area contributed by atoms with Crippen LogP contribution in [-0.2, 0) is 0 Å². The van der Waals surface area contributed by atoms with Gasteiger partial charge in [-0.3, -0.25) is 0 Å². The first-order chi connectivity index (χ1) is 7.56. The van der Waals surface area contributed by atoms with E-state index >= 15 is 0 Å². The molecule has 0 spiro atoms. The van der Waals surface area contributed by atoms with Crippen molar-refractivity contribution in [3.8, 4) is 5.75 Å². The summed E-state index contributed by atoms with van der Waals surface area (Å²) >= 11 is 1.77. The zero-order chi connectivity index (χ0) is 12.1. The van der Waals surface area contributed by atoms with Gasteiger partial charge in [-0.1, -0.05) is 19.9 Å². The van der Waals surface area contributed by atoms with Crippen molar-refractivity contribution in [3.05, 3.63) is 23.8 Å². The maximum atomic E-state index is 9.79. The van der Waals surface area contributed by atoms with Gasteiger partial charge < -0.3 is 9.84 Å². The van der Waals surface area contributed by atoms with E-state index in [9.17, 15) is 5.11 Å². The van der Waals surface area contributed by atoms with E-state index in [1.165, 1.54) is 0 Å². The predicted octanol–water partition coefficient (Wildman–Crippen LogP) is 3.50. The molecule has 0 unspecified atom stereocenters. The number of ether oxygens (including phenoxy) is 1. The summed E-state index contributed by atoms with van der Waals surface area (Å²) < 4.78 is 5.28. The highest BCUT2D eigenvalue weighted by molar-refractivity contribution is 7.99. The minimum absolute atomic E-state index is 0.495. The summed E-state index contributed by atoms with van der Waals surface area (Å²) in [7, 11) is 1.64. The lowest BCUT2D eigenvalue weighted by Gasteiger charge is -2.16. The van der Waals surface area contributed by atoms with E-state index in [-0.39, 0.29) is 0 Å². The largest absolute Gasteiger partial charge is 0.496 e. The normalized spacial score (nSPS) is 12.9. The van der Waals surface area contributed by atoms with Crippen molar-refractivity contribution >= 4 is 11.8 Å². The summed E-state index contributed by atoms with van der Waals surface area (Å²) in [5.74, 6) is 2.45. The van der Waals surface area contributed by atoms with E-state index in [1.54, 1.807) is 25.8 Å². The molecule has 1 N–H and O–H groups in total. The molecular formula is C13H20O2S. The van der Waals surface area contributed by atoms with Crippen LogP contribution in [0.5, 0.6) is 5.75 Å². The molecule has 0 heterocycles. The molecule has 0 saturated carbocycles. The second-order valence-electron chi connectivity index (χ2n) is 4.25. The first-order valence-electron chi connectivity index (χ1n) is 5.54. The molecule has 2 nitrogen and oxygen atoms in total. The molecule has 1 aromatic carbocycles. The Morgan fingerprint density at radius 2 is 2.00 bits per heavy atom. The van der Waals surface area contributed by atoms with Crippen LogP contribution in [0.3, 0.4) is 0 Å². The molecule has 90 valence electrons. The molecule has 1 atom stereocenters. The van der Waals surface area contributed by atoms with Gasteiger partial charge >= 0.3 is 0 Å². The number of hydrogen-bond acceptors (Lipinski definition) is 3. The van der Waals surface area contributed by atoms with Crippen molar-refractivity contribution in [1.29, 1.82) is 0 Å². The van der Waals surface area contributed by atoms with Crippen molar-refractivity contribution in [3.63, 3.8) is 0 Å². The number of hydrogen-bond donors (Lipinski definition) is 1. The monoisotopic (exact) mass is 240 g/mol. The summed E-state index contributed by atoms with van der Waals surface area (Å²) in [5.41, 5.74) is 0.899. The van der Waals surface area contributed by atoms with Gasteiger partial charge in [0.05, 0.1) is 13.2 Å². The van der Waals surface area contributed by atoms with Gasteiger partial charge in [-0.25, -0.2) is 0 Å². The van der Waals surface area contributed by atoms with E-state index in [0.717, 1.165) is 22.0 Å². The van der Waals surface area contributed by atoms with Crippen LogP contribution in [0.15, 0.2) is 23.1 Å². The maximum Gasteiger partial charge on any atom is 0.125 e. The number of benzene rings is 1. The average molecular weight is 240 g/mol. The van der Waals surface area contributed by atoms with Gasteiger partial charge in [0.25, 0.3) is 0 Å². The Labute approximate surface area is 102 Å². The van der Waals surface area contributed by atoms with Crippen LogP contribution in [0.2, 0.25) is 0 Å². The van der Waals surface area contributed by atoms with Crippen LogP contribution in [0.4, 0.5) is 0 Å². The quantitative estimate of drug-likeness (QED) is 0.799. The molecule has 0 aromatic heterocycles. The Morgan fingerprint density at radius 3 is 2.50 bits per heavy atom. The van der Waals surface area contributed by atoms with Gasteiger partial charge in [0.1, 0.15) is 5.75 Å². The van der Waals surface area contributed by atoms with Crippen LogP contribution in [0.25, 0.3) is 0 Å². The van der Waals surface area contributed by atoms with Crippen LogP contribution in [0.1, 0.15) is 32.4 Å². The zero-order valence-electron chi connectivity index (χ0n) is 10.4. The highest BCUT2D eigenvalue weighted by Gasteiger charge is 2.14. The Kier molecular flexibility index (Phi) is 5.16. The topological polar surface area (TPSA) is 29.5 Å². The first-order valence-corrected chi connectivity index (χ1v) is 6.52. The zero-order valence-corrected chi connectivity index (χ0v) is 11.2. The summed E-state index contributed by atoms with van der Waals surface area (Å²) in [5, 5.41) is 9.79. The third-order valence-electron chi connectivity index (χ3n) is 2.24. The minimum atomic E-state index is -0.495. The fraction of sp³-hybridized carbons (Fsp3) is 0.538. The van der Waals surface area contributed by atoms with E-state index < -0.39 is 6.10 Å². The summed E-state index contributed by atoms with van der Waals surface area (Å²) in [6.45, 7) is 6.15. The van der Waals surface area contributed by atoms with Gasteiger partial charge in [-0.15, -0.1) is 11.8 Å². The van der Waals surface area contributed by atoms with E-state index in [1.807, 2.05) is 18.2 Å². The predicted molar refractivity (Wildman–Crippen MR) is 69.2 cm³/mol. The standard InChI is InChI=1S/C13H20O2S/c1-9(2)8-16-12-7-5-6-11(15-4)13(12)10(3)14/h5-7,9-10,14H,8H2,1-4H3/t10-/m0/s1. The molecular weight excluding hydrogens is 220 g/mol. The lowest BCUT2D eigenvalue weighted by atomic mass is 10.1. The Bertz CT molecular complexity index is 335. The number of aliphatic hydroxyl groups excluding tert-OH is 1. The molecule has 0 bridgehead atoms. The van der Waals surface area contributed by atoms with Crippen LogP contribution < -0.4 is 4.74 Å². The first kappa shape index (κ1) is 13.4. The smallest absolute Gasteiger partial charge is 0.125 e. The van der Waals surface area contributed by atoms with Crippen LogP contribution >= 0.6 is 11.8 Å². The number of rotatable bonds is 5. The Morgan fingerprint density at radius 1 is 1.31 bits per heavy atom. The average Bonchev–Trinajstić information content (AvgIpc) is 2.25. The molecule has 0 radical (unpaired) electrons. The van der Waals surface area contributed by atoms with Gasteiger partial charge in [0, 0.05) is 16.2 Å². The van der Waals surface area contributed by atoms with Gasteiger partial charge in [-0.05, 0) is 25.0 Å². The van der Waals surface area contributed by atoms with Crippen molar-refractivity contribution in [2.45, 2.75) is 31.8 Å². The molecule has 0 aliphatic carbocycles. The van der Waals surface area contributed by atoms with Gasteiger partial charge in [-0.2, -0.15) is 0 Å². The number of methoxy groups -OCH3 is 1. The summed E-state index contributed by atoms with van der Waals surface area (Å²) in [6.07, 6.45) is -0.495. The molecule has 0 amide bonds. The molecule has 1 rings (SSSR count). The van der Waals surface area contributed by atoms with Gasteiger partial charge in [0.2, 0.25) is 0 Å². The lowest BCUT2D eigenvalue weighted by molar-refractivity contribution is 0.191. The second kappa shape index (κ2) is 6.16. The Hall–Kier alpha value is -0.670. The highest BCUT2D eigenvalue weighted by atomic mass is 32.2. The van der Waals surface area contributed by atoms with Crippen molar-refractivity contribution in [2.24, 2.45) is 5.92 Å². The molecule has 3 heteroatoms. The molecule has 0 saturated heterocycles. The van der Waals surface area contributed by atoms with Crippen molar-refractivity contribution in [1.82, 2.24) is 0 Å². The van der Waals surface area contributed by atoms with Crippen molar-refractivity contribution in [2.75, 3.05) is 12.9 Å². The van der Waals surface area contributed by atoms with Gasteiger partial charge in [0.15, 0.2) is 0 Å². The third-order valence-corrected chi connectivity index (χ3v) is 3.74. The summed E-state index contributed by atoms with van der Waals surface area (Å²) in [4.78, 5) is 1.11. The maximum absolute atomic E-state index is 9.79. The fourth-order valence-corrected chi connectivity index (χ4v) is 2.61. The molecule has 1 aromatic rings. The molecule has 0 fully saturated rings. The number of thioether (sulfide) groups is 1. The van der Waals surface area contributed by atoms with E-state index in [0.29, 0.717) is 5.92 Å². The number of aliphatic hydroxyl groups is 1. The second-order valence-corrected chi connectivity index (χ2v) is 5.31.